The molecule has 0 spiro atoms. The molecule has 0 aromatic heterocycles. The van der Waals surface area contributed by atoms with Gasteiger partial charge in [-0.05, 0) is 67.6 Å². The second-order valence-corrected chi connectivity index (χ2v) is 12.8. The molecule has 0 fully saturated rings. The Morgan fingerprint density at radius 1 is 0.759 bits per heavy atom. The molecule has 0 aliphatic heterocycles. The summed E-state index contributed by atoms with van der Waals surface area (Å²) in [5, 5.41) is 23.5. The molecule has 0 saturated heterocycles. The Balaban J connectivity index is 0.000000432. The number of hydrogen-bond acceptors (Lipinski definition) is 11. The van der Waals surface area contributed by atoms with Crippen LogP contribution in [0.5, 0.6) is 23.0 Å². The van der Waals surface area contributed by atoms with Crippen LogP contribution in [-0.2, 0) is 24.8 Å². The minimum atomic E-state index is -4.99. The van der Waals surface area contributed by atoms with E-state index in [0.717, 1.165) is 0 Å². The van der Waals surface area contributed by atoms with E-state index in [0.29, 0.717) is 37.1 Å². The molecule has 4 aromatic rings. The first kappa shape index (κ1) is 18.0. The van der Waals surface area contributed by atoms with Gasteiger partial charge in [0.05, 0.1) is 42.8 Å². The van der Waals surface area contributed by atoms with Crippen LogP contribution in [0.25, 0.3) is 0 Å². The molecule has 16 heteroatoms. The monoisotopic (exact) mass is 812 g/mol. The largest absolute Gasteiger partial charge is 0.478 e. The van der Waals surface area contributed by atoms with E-state index in [-0.39, 0.29) is 6.61 Å². The number of rotatable bonds is 19. The Morgan fingerprint density at radius 2 is 1.20 bits per heavy atom. The zero-order chi connectivity index (χ0) is 64.2. The predicted octanol–water partition coefficient (Wildman–Crippen LogP) is 7.33. The molecule has 0 atom stereocenters. The predicted molar refractivity (Wildman–Crippen MR) is 208 cm³/mol. The van der Waals surface area contributed by atoms with Gasteiger partial charge in [-0.15, -0.1) is 0 Å². The van der Waals surface area contributed by atoms with Crippen LogP contribution < -0.4 is 30.4 Å². The molecule has 0 radical (unpaired) electrons. The highest BCUT2D eigenvalue weighted by atomic mass is 32.2. The summed E-state index contributed by atoms with van der Waals surface area (Å²) in [4.78, 5) is 22.1. The lowest BCUT2D eigenvalue weighted by Crippen LogP contribution is -2.17. The maximum atomic E-state index is 12.7. The molecular formula is C38H48N4O10S2. The topological polar surface area (TPSA) is 226 Å². The van der Waals surface area contributed by atoms with Crippen LogP contribution in [0.1, 0.15) is 118 Å². The lowest BCUT2D eigenvalue weighted by atomic mass is 10.1. The Morgan fingerprint density at radius 3 is 1.61 bits per heavy atom. The van der Waals surface area contributed by atoms with Crippen molar-refractivity contribution in [3.05, 3.63) is 95.8 Å². The number of carboxylic acid groups (broad SMARTS) is 1. The Hall–Kier alpha value is -5.16. The van der Waals surface area contributed by atoms with Gasteiger partial charge >= 0.3 is 11.9 Å². The smallest absolute Gasteiger partial charge is 0.338 e. The van der Waals surface area contributed by atoms with Gasteiger partial charge in [-0.2, -0.15) is 0 Å². The Bertz CT molecular complexity index is 3340. The van der Waals surface area contributed by atoms with Gasteiger partial charge in [0.15, 0.2) is 11.5 Å². The van der Waals surface area contributed by atoms with Gasteiger partial charge in [0, 0.05) is 37.7 Å². The van der Waals surface area contributed by atoms with Crippen LogP contribution in [-0.4, -0.2) is 53.5 Å². The average molecular weight is 813 g/mol. The van der Waals surface area contributed by atoms with Crippen molar-refractivity contribution < 1.29 is 84.1 Å². The molecule has 0 bridgehead atoms. The van der Waals surface area contributed by atoms with Crippen molar-refractivity contribution in [2.75, 3.05) is 30.2 Å². The quantitative estimate of drug-likeness (QED) is 0.0463. The molecule has 0 heterocycles. The summed E-state index contributed by atoms with van der Waals surface area (Å²) < 4.78 is 284. The second kappa shape index (κ2) is 20.9. The number of aromatic carboxylic acids is 1. The van der Waals surface area contributed by atoms with Crippen molar-refractivity contribution >= 4 is 43.4 Å². The summed E-state index contributed by atoms with van der Waals surface area (Å²) in [7, 11) is -9.95. The number of ether oxygens (including phenoxy) is 3. The zero-order valence-electron chi connectivity index (χ0n) is 55.5. The van der Waals surface area contributed by atoms with Crippen molar-refractivity contribution in [1.82, 2.24) is 0 Å². The van der Waals surface area contributed by atoms with Gasteiger partial charge in [0.2, 0.25) is 20.0 Å². The van der Waals surface area contributed by atoms with Crippen LogP contribution >= 0.6 is 0 Å². The SMILES string of the molecule is [2H]c1c([2H])c([2H])c(Oc2c(NC([2H])([2H])C([2H])([2H])C([2H])([2H])C([2H])([2H])[2H])cc(C(=O)O)cc2S(N)(=O)=O)c([2H])c1[2H].[2H]c1c([2H])c([2H])c(Oc2c(NC([2H])([2H])C([2H])([2H])C([2H])([2H])C([2H])([2H])[2H])cc(C(=O)OCCCC)cc2S(N)(=O)=O)c([2H])c1[2H]. The molecular weight excluding hydrogens is 737 g/mol. The van der Waals surface area contributed by atoms with Crippen LogP contribution in [0.2, 0.25) is 0 Å². The molecule has 4 rings (SSSR count). The number of sulfonamides is 2. The molecule has 0 unspecified atom stereocenters. The minimum absolute atomic E-state index is 0.119. The third-order valence-corrected chi connectivity index (χ3v) is 7.78. The molecule has 0 amide bonds. The van der Waals surface area contributed by atoms with E-state index < -0.39 is 200 Å². The van der Waals surface area contributed by atoms with E-state index >= 15 is 0 Å². The number of primary sulfonamides is 2. The summed E-state index contributed by atoms with van der Waals surface area (Å²) >= 11 is 0. The van der Waals surface area contributed by atoms with E-state index in [1.54, 1.807) is 12.2 Å². The van der Waals surface area contributed by atoms with E-state index in [1.165, 1.54) is 0 Å². The first-order chi connectivity index (χ1) is 36.6. The number of carbonyl (C=O) groups excluding carboxylic acids is 1. The molecule has 292 valence electrons. The van der Waals surface area contributed by atoms with E-state index in [9.17, 15) is 31.5 Å². The number of carboxylic acids is 1. The van der Waals surface area contributed by atoms with Crippen molar-refractivity contribution in [2.45, 2.75) is 68.8 Å². The molecule has 0 saturated carbocycles. The van der Waals surface area contributed by atoms with Crippen LogP contribution in [0.4, 0.5) is 11.4 Å². The zero-order valence-corrected chi connectivity index (χ0v) is 29.2. The highest BCUT2D eigenvalue weighted by molar-refractivity contribution is 7.89. The first-order valence-electron chi connectivity index (χ1n) is 28.5. The fourth-order valence-corrected chi connectivity index (χ4v) is 5.10. The van der Waals surface area contributed by atoms with Crippen molar-refractivity contribution in [1.29, 1.82) is 0 Å². The van der Waals surface area contributed by atoms with Crippen molar-refractivity contribution in [3.63, 3.8) is 0 Å². The lowest BCUT2D eigenvalue weighted by molar-refractivity contribution is 0.0499. The summed E-state index contributed by atoms with van der Waals surface area (Å²) in [6, 6.07) is -7.08. The van der Waals surface area contributed by atoms with Gasteiger partial charge in [-0.25, -0.2) is 36.7 Å². The fraction of sp³-hybridized carbons (Fsp3) is 0.316. The van der Waals surface area contributed by atoms with Crippen molar-refractivity contribution in [2.24, 2.45) is 10.3 Å². The van der Waals surface area contributed by atoms with Gasteiger partial charge in [-0.3, -0.25) is 0 Å². The van der Waals surface area contributed by atoms with E-state index in [4.69, 9.17) is 62.9 Å². The number of para-hydroxylation sites is 2. The normalized spacial score (nSPS) is 20.7. The molecule has 54 heavy (non-hydrogen) atoms. The summed E-state index contributed by atoms with van der Waals surface area (Å²) in [5.41, 5.74) is -3.51. The van der Waals surface area contributed by atoms with E-state index in [1.807, 2.05) is 5.32 Å². The van der Waals surface area contributed by atoms with Gasteiger partial charge in [0.25, 0.3) is 0 Å². The fourth-order valence-electron chi connectivity index (χ4n) is 3.70. The third kappa shape index (κ3) is 13.4. The number of carbonyl (C=O) groups is 2. The number of benzene rings is 4. The second-order valence-electron chi connectivity index (χ2n) is 9.70. The molecule has 4 aromatic carbocycles. The third-order valence-electron chi connectivity index (χ3n) is 5.94. The number of nitrogens with one attached hydrogen (secondary N) is 2. The average Bonchev–Trinajstić information content (AvgIpc) is 3.53. The van der Waals surface area contributed by atoms with Gasteiger partial charge in [0.1, 0.15) is 21.3 Å². The Kier molecular flexibility index (Phi) is 6.97. The maximum Gasteiger partial charge on any atom is 0.338 e. The van der Waals surface area contributed by atoms with Crippen LogP contribution in [0.3, 0.4) is 0 Å². The number of anilines is 2. The van der Waals surface area contributed by atoms with Gasteiger partial charge in [-0.1, -0.05) is 76.0 Å². The highest BCUT2D eigenvalue weighted by Gasteiger charge is 2.25. The maximum absolute atomic E-state index is 12.7. The first-order valence-corrected chi connectivity index (χ1v) is 17.6. The van der Waals surface area contributed by atoms with E-state index in [2.05, 4.69) is 0 Å². The van der Waals surface area contributed by atoms with Crippen LogP contribution in [0, 0.1) is 0 Å². The molecule has 7 N–H and O–H groups in total. The number of esters is 1. The molecule has 0 aliphatic carbocycles. The Labute approximate surface area is 356 Å². The number of nitrogens with two attached hydrogens (primary N) is 2. The number of hydrogen-bond donors (Lipinski definition) is 5. The summed E-state index contributed by atoms with van der Waals surface area (Å²) in [5.74, 6) is -7.19. The standard InChI is InChI=1S/C21H28N2O5S.C17H20N2O5S/c1-3-5-12-23-18-14-16(21(24)27-13-6-4-2)15-19(29(22,25)26)20(18)28-17-10-8-7-9-11-17;1-2-3-9-19-14-10-12(17(20)21)11-15(25(18,22)23)16(14)24-13-7-5-4-6-8-13/h7-11,14-15,23H,3-6,12-13H2,1-2H3,(H2,22,25,26);4-8,10-11,19H,2-3,9H2,1H3,(H,20,21)(H2,18,22,23)/i1D3,3D2,5D2,7D,8D,9D,10D,11D,12D2;1D3,2D2,3D2,4D,5D,6D,7D,8D,9D2. The summed E-state index contributed by atoms with van der Waals surface area (Å²) in [6.45, 7) is -13.2. The van der Waals surface area contributed by atoms with Crippen LogP contribution in [0.15, 0.2) is 94.5 Å². The van der Waals surface area contributed by atoms with Gasteiger partial charge < -0.3 is 30.0 Å². The number of unbranched alkanes of at least 4 members (excludes halogenated alkanes) is 1. The highest BCUT2D eigenvalue weighted by Crippen LogP contribution is 2.38. The lowest BCUT2D eigenvalue weighted by Gasteiger charge is -2.17. The summed E-state index contributed by atoms with van der Waals surface area (Å²) in [6.07, 6.45) is -14.6. The molecule has 0 aliphatic rings. The van der Waals surface area contributed by atoms with Crippen molar-refractivity contribution in [3.8, 4) is 23.0 Å². The minimum Gasteiger partial charge on any atom is -0.478 e. The molecule has 14 nitrogen and oxygen atoms in total.